The minimum Gasteiger partial charge on any atom is -0.503 e. The van der Waals surface area contributed by atoms with Gasteiger partial charge < -0.3 is 65.0 Å². The fourth-order valence-electron chi connectivity index (χ4n) is 10.6. The number of benzene rings is 2. The van der Waals surface area contributed by atoms with Crippen molar-refractivity contribution in [1.82, 2.24) is 10.6 Å². The van der Waals surface area contributed by atoms with E-state index < -0.39 is 148 Å². The van der Waals surface area contributed by atoms with Crippen LogP contribution in [0.1, 0.15) is 121 Å². The van der Waals surface area contributed by atoms with Gasteiger partial charge in [-0.1, -0.05) is 101 Å². The fourth-order valence-corrected chi connectivity index (χ4v) is 11.2. The fraction of sp³-hybridized carbons (Fsp3) is 0.576. The zero-order valence-corrected chi connectivity index (χ0v) is 55.5. The lowest BCUT2D eigenvalue weighted by Gasteiger charge is -2.43. The minimum atomic E-state index is -2.41. The summed E-state index contributed by atoms with van der Waals surface area (Å²) in [5.74, 6) is -28.8. The number of phenolic OH excluding ortho intramolecular Hbond substituents is 1. The van der Waals surface area contributed by atoms with Crippen molar-refractivity contribution in [3.63, 3.8) is 0 Å². The molecule has 4 aliphatic heterocycles. The number of carbonyl (C=O) groups is 4. The lowest BCUT2D eigenvalue weighted by Crippen LogP contribution is -2.58. The molecule has 2 amide bonds. The number of aliphatic carboxylic acids is 1. The first kappa shape index (κ1) is 81.5. The molecule has 4 heterocycles. The highest BCUT2D eigenvalue weighted by Crippen LogP contribution is 2.37. The summed E-state index contributed by atoms with van der Waals surface area (Å²) in [6, 6.07) is -0.183. The lowest BCUT2D eigenvalue weighted by molar-refractivity contribution is -0.197. The van der Waals surface area contributed by atoms with Crippen molar-refractivity contribution < 1.29 is 117 Å². The van der Waals surface area contributed by atoms with Gasteiger partial charge in [0.05, 0.1) is 73.3 Å². The second-order valence-electron chi connectivity index (χ2n) is 25.0. The maximum atomic E-state index is 14.0. The second kappa shape index (κ2) is 36.6. The summed E-state index contributed by atoms with van der Waals surface area (Å²) in [6.45, 7) is 19.7. The van der Waals surface area contributed by atoms with E-state index in [0.717, 1.165) is 24.0 Å². The van der Waals surface area contributed by atoms with E-state index >= 15 is 0 Å². The molecular formula is C66H84Cl2F10N2O15. The summed E-state index contributed by atoms with van der Waals surface area (Å²) in [5.41, 5.74) is -1.90. The summed E-state index contributed by atoms with van der Waals surface area (Å²) in [7, 11) is 0. The molecule has 0 saturated carbocycles. The molecule has 2 aromatic carbocycles. The standard InChI is InChI=1S/C33H41ClF5NO7.C27H42ClNO7.C6HF5O/c1-16(2)6-11-24(41)40-21-12-18(4)22(45-19(21)5)9-7-17(3)8-10-23-32(43)33(44,15-34)14-20(46-23)13-25(42)47-31-29(38)27(36)26(35)28(37)30(31)39;1-16(2)6-11-24(30)29-21-12-18(4)22(35-19(21)5)9-7-17(3)8-10-23-26(33)27(34,15-28)14-20(36-23)13-25(31)32;7-1-2(8)4(10)6(12)5(11)3(1)9/h6-8,10-11,16,18-23,32,43-44H,9,12-15H2,1-5H3,(H,40,41);6-8,10-11,16,18-23,26,33-34H,9,12-15H2,1-5H3,(H,29,30)(H,31,32);12H/b2*10-8+,11-6-,17-7+;/t18-,19+,20+,21+,22-,23+,32+,33+;18-,19+,20+,21+,22-,23+,26+,27+;/m00./s1. The minimum absolute atomic E-state index is 0.000478. The third kappa shape index (κ3) is 23.1. The van der Waals surface area contributed by atoms with Crippen molar-refractivity contribution in [2.45, 2.75) is 205 Å². The van der Waals surface area contributed by atoms with Crippen LogP contribution in [0.4, 0.5) is 43.9 Å². The average Bonchev–Trinajstić information content (AvgIpc) is 0.811. The Morgan fingerprint density at radius 2 is 0.916 bits per heavy atom. The first-order valence-electron chi connectivity index (χ1n) is 30.6. The van der Waals surface area contributed by atoms with Crippen LogP contribution in [-0.2, 0) is 38.1 Å². The Bertz CT molecular complexity index is 3040. The van der Waals surface area contributed by atoms with Gasteiger partial charge in [0.2, 0.25) is 75.7 Å². The van der Waals surface area contributed by atoms with Crippen molar-refractivity contribution in [2.75, 3.05) is 11.8 Å². The van der Waals surface area contributed by atoms with Crippen LogP contribution in [0.3, 0.4) is 0 Å². The number of carbonyl (C=O) groups excluding carboxylic acids is 3. The van der Waals surface area contributed by atoms with Crippen LogP contribution >= 0.6 is 23.2 Å². The number of hydrogen-bond donors (Lipinski definition) is 8. The van der Waals surface area contributed by atoms with Crippen molar-refractivity contribution in [3.8, 4) is 11.5 Å². The molecule has 4 fully saturated rings. The van der Waals surface area contributed by atoms with Crippen LogP contribution in [-0.4, -0.2) is 150 Å². The first-order chi connectivity index (χ1) is 44.3. The van der Waals surface area contributed by atoms with E-state index in [4.69, 9.17) is 52.4 Å². The molecule has 6 rings (SSSR count). The van der Waals surface area contributed by atoms with Crippen molar-refractivity contribution in [1.29, 1.82) is 0 Å². The van der Waals surface area contributed by atoms with Gasteiger partial charge >= 0.3 is 11.9 Å². The molecule has 8 N–H and O–H groups in total. The number of esters is 1. The van der Waals surface area contributed by atoms with Crippen LogP contribution < -0.4 is 15.4 Å². The molecule has 4 saturated heterocycles. The van der Waals surface area contributed by atoms with E-state index in [1.165, 1.54) is 12.2 Å². The number of hydrogen-bond acceptors (Lipinski definition) is 14. The smallest absolute Gasteiger partial charge is 0.314 e. The number of aliphatic hydroxyl groups is 4. The van der Waals surface area contributed by atoms with Crippen molar-refractivity contribution in [2.24, 2.45) is 23.7 Å². The Balaban J connectivity index is 0.000000351. The van der Waals surface area contributed by atoms with Gasteiger partial charge in [-0.3, -0.25) is 19.2 Å². The molecule has 0 aromatic heterocycles. The molecule has 0 spiro atoms. The van der Waals surface area contributed by atoms with Gasteiger partial charge in [-0.15, -0.1) is 23.2 Å². The van der Waals surface area contributed by atoms with Crippen LogP contribution in [0.15, 0.2) is 71.9 Å². The Kier molecular flexibility index (Phi) is 31.4. The number of amides is 2. The summed E-state index contributed by atoms with van der Waals surface area (Å²) in [5, 5.41) is 66.4. The highest BCUT2D eigenvalue weighted by atomic mass is 35.5. The molecular weight excluding hydrogens is 1320 g/mol. The van der Waals surface area contributed by atoms with Crippen LogP contribution in [0.2, 0.25) is 0 Å². The number of carboxylic acid groups (broad SMARTS) is 1. The molecule has 0 bridgehead atoms. The van der Waals surface area contributed by atoms with Crippen molar-refractivity contribution in [3.05, 3.63) is 130 Å². The Hall–Kier alpha value is -5.88. The maximum absolute atomic E-state index is 14.0. The quantitative estimate of drug-likeness (QED) is 0.00845. The van der Waals surface area contributed by atoms with E-state index in [9.17, 15) is 83.5 Å². The highest BCUT2D eigenvalue weighted by molar-refractivity contribution is 6.18. The normalized spacial score (nSPS) is 30.0. The number of aliphatic hydroxyl groups excluding tert-OH is 2. The molecule has 16 atom stereocenters. The van der Waals surface area contributed by atoms with E-state index in [1.807, 2.05) is 79.7 Å². The average molecular weight is 1410 g/mol. The third-order valence-electron chi connectivity index (χ3n) is 16.2. The Morgan fingerprint density at radius 1 is 0.568 bits per heavy atom. The van der Waals surface area contributed by atoms with Gasteiger partial charge in [-0.05, 0) is 89.2 Å². The Labute approximate surface area is 554 Å². The molecule has 17 nitrogen and oxygen atoms in total. The summed E-state index contributed by atoms with van der Waals surface area (Å²) < 4.78 is 157. The number of allylic oxidation sites excluding steroid dienone is 6. The summed E-state index contributed by atoms with van der Waals surface area (Å²) in [6.07, 6.45) is 11.2. The number of alkyl halides is 2. The monoisotopic (exact) mass is 1400 g/mol. The van der Waals surface area contributed by atoms with Crippen molar-refractivity contribution >= 4 is 47.0 Å². The number of halogens is 12. The summed E-state index contributed by atoms with van der Waals surface area (Å²) in [4.78, 5) is 48.0. The van der Waals surface area contributed by atoms with E-state index in [2.05, 4.69) is 22.3 Å². The molecule has 2 aromatic rings. The van der Waals surface area contributed by atoms with Gasteiger partial charge in [-0.2, -0.15) is 17.6 Å². The predicted molar refractivity (Wildman–Crippen MR) is 330 cm³/mol. The number of phenols is 1. The van der Waals surface area contributed by atoms with Gasteiger partial charge in [0.15, 0.2) is 5.75 Å². The topological polar surface area (TPSA) is 260 Å². The van der Waals surface area contributed by atoms with Crippen LogP contribution in [0.25, 0.3) is 0 Å². The number of rotatable bonds is 21. The van der Waals surface area contributed by atoms with Gasteiger partial charge in [0.25, 0.3) is 0 Å². The zero-order chi connectivity index (χ0) is 71.7. The largest absolute Gasteiger partial charge is 0.503 e. The van der Waals surface area contributed by atoms with Gasteiger partial charge in [0, 0.05) is 12.8 Å². The second-order valence-corrected chi connectivity index (χ2v) is 25.6. The molecule has 0 unspecified atom stereocenters. The van der Waals surface area contributed by atoms with Gasteiger partial charge in [-0.25, -0.2) is 26.3 Å². The van der Waals surface area contributed by atoms with E-state index in [-0.39, 0.29) is 84.8 Å². The Morgan fingerprint density at radius 3 is 1.26 bits per heavy atom. The first-order valence-corrected chi connectivity index (χ1v) is 31.7. The molecule has 0 aliphatic carbocycles. The van der Waals surface area contributed by atoms with Crippen LogP contribution in [0, 0.1) is 81.8 Å². The van der Waals surface area contributed by atoms with E-state index in [1.54, 1.807) is 31.2 Å². The molecule has 29 heteroatoms. The summed E-state index contributed by atoms with van der Waals surface area (Å²) >= 11 is 11.8. The predicted octanol–water partition coefficient (Wildman–Crippen LogP) is 11.0. The highest BCUT2D eigenvalue weighted by Gasteiger charge is 2.49. The number of ether oxygens (including phenoxy) is 5. The molecule has 95 heavy (non-hydrogen) atoms. The van der Waals surface area contributed by atoms with Gasteiger partial charge in [0.1, 0.15) is 35.6 Å². The zero-order valence-electron chi connectivity index (χ0n) is 54.0. The number of carboxylic acids is 1. The number of nitrogens with one attached hydrogen (secondary N) is 2. The molecule has 532 valence electrons. The number of aromatic hydroxyl groups is 1. The van der Waals surface area contributed by atoms with E-state index in [0.29, 0.717) is 18.8 Å². The maximum Gasteiger partial charge on any atom is 0.314 e. The molecule has 4 aliphatic rings. The SMILES string of the molecule is CC(/C=C/[C@H]1O[C@H](CC(=O)O)C[C@@](O)(CCl)[C@@H]1O)=C\C[C@@H]1O[C@H](C)[C@H](NC(=O)/C=C\C(C)C)C[C@@H]1C.CC(/C=C/[C@H]1O[C@H](CC(=O)Oc2c(F)c(F)c(F)c(F)c2F)C[C@@](O)(CCl)[C@@H]1O)=C\C[C@@H]1O[C@H](C)[C@H](NC(=O)/C=C\C(C)C)C[C@@H]1C.Oc1c(F)c(F)c(F)c(F)c1F. The lowest BCUT2D eigenvalue weighted by atomic mass is 9.84. The third-order valence-corrected chi connectivity index (χ3v) is 17.1. The van der Waals surface area contributed by atoms with Crippen LogP contribution in [0.5, 0.6) is 11.5 Å². The molecule has 0 radical (unpaired) electrons.